The molecule has 35 heavy (non-hydrogen) atoms. The van der Waals surface area contributed by atoms with Crippen molar-refractivity contribution >= 4 is 11.8 Å². The number of carbonyl (C=O) groups is 2. The fourth-order valence-corrected chi connectivity index (χ4v) is 7.08. The van der Waals surface area contributed by atoms with Gasteiger partial charge >= 0.3 is 5.97 Å². The van der Waals surface area contributed by atoms with Gasteiger partial charge in [0, 0.05) is 31.4 Å². The third-order valence-electron chi connectivity index (χ3n) is 8.52. The van der Waals surface area contributed by atoms with Crippen LogP contribution in [0.5, 0.6) is 11.5 Å². The second kappa shape index (κ2) is 10.6. The summed E-state index contributed by atoms with van der Waals surface area (Å²) in [6.07, 6.45) is 10.3. The van der Waals surface area contributed by atoms with Gasteiger partial charge in [-0.15, -0.1) is 0 Å². The van der Waals surface area contributed by atoms with Crippen molar-refractivity contribution in [2.45, 2.75) is 96.0 Å². The SMILES string of the molecule is CC(=O)Oc1cc(O[C@@H](C)CCCc2ccccc2)cc2c1[C@@H]1CC(=O)CC[C@H]1C1CCCC[C@@H]21. The molecule has 0 bridgehead atoms. The normalized spacial score (nSPS) is 26.2. The maximum Gasteiger partial charge on any atom is 0.308 e. The van der Waals surface area contributed by atoms with Crippen LogP contribution in [0.1, 0.15) is 100 Å². The fourth-order valence-electron chi connectivity index (χ4n) is 7.08. The maximum atomic E-state index is 12.5. The number of rotatable bonds is 7. The van der Waals surface area contributed by atoms with Gasteiger partial charge in [-0.05, 0) is 86.3 Å². The standard InChI is InChI=1S/C31H38O4/c1-20(9-8-12-22-10-4-3-5-11-22)34-24-18-29-26-14-7-6-13-25(26)27-16-15-23(33)17-28(27)31(29)30(19-24)35-21(2)32/h3-5,10-11,18-20,25-28H,6-9,12-17H2,1-2H3/t20-,25?,26+,27-,28+/m0/s1. The van der Waals surface area contributed by atoms with Crippen LogP contribution in [0.25, 0.3) is 0 Å². The molecule has 186 valence electrons. The van der Waals surface area contributed by atoms with E-state index < -0.39 is 0 Å². The van der Waals surface area contributed by atoms with E-state index in [4.69, 9.17) is 9.47 Å². The highest BCUT2D eigenvalue weighted by Gasteiger charge is 2.47. The van der Waals surface area contributed by atoms with Crippen molar-refractivity contribution in [3.8, 4) is 11.5 Å². The summed E-state index contributed by atoms with van der Waals surface area (Å²) in [6, 6.07) is 14.7. The Morgan fingerprint density at radius 1 is 1.03 bits per heavy atom. The number of hydrogen-bond donors (Lipinski definition) is 0. The largest absolute Gasteiger partial charge is 0.491 e. The van der Waals surface area contributed by atoms with Crippen molar-refractivity contribution < 1.29 is 19.1 Å². The highest BCUT2D eigenvalue weighted by molar-refractivity contribution is 5.81. The van der Waals surface area contributed by atoms with Gasteiger partial charge in [-0.3, -0.25) is 9.59 Å². The van der Waals surface area contributed by atoms with E-state index in [2.05, 4.69) is 37.3 Å². The summed E-state index contributed by atoms with van der Waals surface area (Å²) >= 11 is 0. The molecule has 1 unspecified atom stereocenters. The minimum Gasteiger partial charge on any atom is -0.491 e. The molecular weight excluding hydrogens is 436 g/mol. The van der Waals surface area contributed by atoms with E-state index in [1.54, 1.807) is 0 Å². The van der Waals surface area contributed by atoms with E-state index in [1.807, 2.05) is 12.1 Å². The molecule has 3 aliphatic rings. The molecule has 0 spiro atoms. The van der Waals surface area contributed by atoms with Crippen LogP contribution in [0, 0.1) is 11.8 Å². The molecule has 0 aromatic heterocycles. The van der Waals surface area contributed by atoms with Crippen LogP contribution in [0.15, 0.2) is 42.5 Å². The zero-order valence-electron chi connectivity index (χ0n) is 21.1. The Labute approximate surface area is 209 Å². The van der Waals surface area contributed by atoms with E-state index in [0.29, 0.717) is 42.1 Å². The molecule has 0 amide bonds. The predicted octanol–water partition coefficient (Wildman–Crippen LogP) is 7.14. The van der Waals surface area contributed by atoms with Crippen LogP contribution in [0.4, 0.5) is 0 Å². The molecule has 0 saturated heterocycles. The molecule has 0 radical (unpaired) electrons. The molecule has 4 heteroatoms. The fraction of sp³-hybridized carbons (Fsp3) is 0.548. The smallest absolute Gasteiger partial charge is 0.308 e. The topological polar surface area (TPSA) is 52.6 Å². The second-order valence-electron chi connectivity index (χ2n) is 10.9. The maximum absolute atomic E-state index is 12.5. The first-order chi connectivity index (χ1) is 17.0. The summed E-state index contributed by atoms with van der Waals surface area (Å²) in [7, 11) is 0. The van der Waals surface area contributed by atoms with Gasteiger partial charge in [0.25, 0.3) is 0 Å². The van der Waals surface area contributed by atoms with Crippen molar-refractivity contribution in [2.75, 3.05) is 0 Å². The van der Waals surface area contributed by atoms with Gasteiger partial charge in [0.2, 0.25) is 0 Å². The third kappa shape index (κ3) is 5.32. The number of fused-ring (bicyclic) bond motifs is 6. The van der Waals surface area contributed by atoms with Crippen molar-refractivity contribution in [1.82, 2.24) is 0 Å². The molecule has 5 rings (SSSR count). The highest BCUT2D eigenvalue weighted by Crippen LogP contribution is 2.59. The highest BCUT2D eigenvalue weighted by atomic mass is 16.5. The molecular formula is C31H38O4. The Morgan fingerprint density at radius 2 is 1.80 bits per heavy atom. The van der Waals surface area contributed by atoms with Gasteiger partial charge in [-0.25, -0.2) is 0 Å². The average molecular weight is 475 g/mol. The van der Waals surface area contributed by atoms with Crippen LogP contribution in [-0.2, 0) is 16.0 Å². The summed E-state index contributed by atoms with van der Waals surface area (Å²) < 4.78 is 12.2. The van der Waals surface area contributed by atoms with Crippen molar-refractivity contribution in [3.63, 3.8) is 0 Å². The first-order valence-corrected chi connectivity index (χ1v) is 13.6. The summed E-state index contributed by atoms with van der Waals surface area (Å²) in [4.78, 5) is 24.6. The van der Waals surface area contributed by atoms with Crippen LogP contribution in [0.3, 0.4) is 0 Å². The van der Waals surface area contributed by atoms with Crippen molar-refractivity contribution in [1.29, 1.82) is 0 Å². The molecule has 5 atom stereocenters. The summed E-state index contributed by atoms with van der Waals surface area (Å²) in [6.45, 7) is 3.58. The lowest BCUT2D eigenvalue weighted by Gasteiger charge is -2.49. The number of hydrogen-bond acceptors (Lipinski definition) is 4. The first-order valence-electron chi connectivity index (χ1n) is 13.6. The van der Waals surface area contributed by atoms with Crippen molar-refractivity contribution in [3.05, 3.63) is 59.2 Å². The Balaban J connectivity index is 1.41. The molecule has 0 aliphatic heterocycles. The number of carbonyl (C=O) groups excluding carboxylic acids is 2. The predicted molar refractivity (Wildman–Crippen MR) is 137 cm³/mol. The van der Waals surface area contributed by atoms with E-state index in [-0.39, 0.29) is 18.0 Å². The third-order valence-corrected chi connectivity index (χ3v) is 8.52. The molecule has 2 aromatic carbocycles. The van der Waals surface area contributed by atoms with Gasteiger partial charge in [0.05, 0.1) is 6.10 Å². The zero-order chi connectivity index (χ0) is 24.4. The number of ketones is 1. The number of esters is 1. The van der Waals surface area contributed by atoms with Gasteiger partial charge < -0.3 is 9.47 Å². The molecule has 2 saturated carbocycles. The minimum atomic E-state index is -0.315. The molecule has 3 aliphatic carbocycles. The van der Waals surface area contributed by atoms with E-state index in [0.717, 1.165) is 37.0 Å². The molecule has 0 N–H and O–H groups in total. The first kappa shape index (κ1) is 24.1. The van der Waals surface area contributed by atoms with Gasteiger partial charge in [0.15, 0.2) is 0 Å². The number of aryl methyl sites for hydroxylation is 1. The lowest BCUT2D eigenvalue weighted by atomic mass is 9.55. The number of ether oxygens (including phenoxy) is 2. The molecule has 2 fully saturated rings. The van der Waals surface area contributed by atoms with Crippen LogP contribution >= 0.6 is 0 Å². The molecule has 0 heterocycles. The minimum absolute atomic E-state index is 0.0664. The summed E-state index contributed by atoms with van der Waals surface area (Å²) in [5.74, 6) is 3.21. The van der Waals surface area contributed by atoms with Crippen LogP contribution < -0.4 is 9.47 Å². The quantitative estimate of drug-likeness (QED) is 0.316. The van der Waals surface area contributed by atoms with Crippen LogP contribution in [0.2, 0.25) is 0 Å². The van der Waals surface area contributed by atoms with Gasteiger partial charge in [-0.1, -0.05) is 43.2 Å². The Kier molecular flexibility index (Phi) is 7.27. The second-order valence-corrected chi connectivity index (χ2v) is 10.9. The molecule has 2 aromatic rings. The van der Waals surface area contributed by atoms with Crippen molar-refractivity contribution in [2.24, 2.45) is 11.8 Å². The van der Waals surface area contributed by atoms with E-state index >= 15 is 0 Å². The van der Waals surface area contributed by atoms with E-state index in [1.165, 1.54) is 43.7 Å². The van der Waals surface area contributed by atoms with E-state index in [9.17, 15) is 9.59 Å². The summed E-state index contributed by atoms with van der Waals surface area (Å²) in [5, 5.41) is 0. The number of Topliss-reactive ketones (excluding diaryl/α,β-unsaturated/α-hetero) is 1. The average Bonchev–Trinajstić information content (AvgIpc) is 2.84. The Bertz CT molecular complexity index is 1060. The Hall–Kier alpha value is -2.62. The Morgan fingerprint density at radius 3 is 2.60 bits per heavy atom. The lowest BCUT2D eigenvalue weighted by Crippen LogP contribution is -2.39. The number of benzene rings is 2. The zero-order valence-corrected chi connectivity index (χ0v) is 21.1. The molecule has 4 nitrogen and oxygen atoms in total. The van der Waals surface area contributed by atoms with Crippen LogP contribution in [-0.4, -0.2) is 17.9 Å². The lowest BCUT2D eigenvalue weighted by molar-refractivity contribution is -0.132. The monoisotopic (exact) mass is 474 g/mol. The summed E-state index contributed by atoms with van der Waals surface area (Å²) in [5.41, 5.74) is 3.74. The van der Waals surface area contributed by atoms with Gasteiger partial charge in [0.1, 0.15) is 17.3 Å². The van der Waals surface area contributed by atoms with Gasteiger partial charge in [-0.2, -0.15) is 0 Å².